The second-order valence-electron chi connectivity index (χ2n) is 7.37. The van der Waals surface area contributed by atoms with E-state index in [1.54, 1.807) is 0 Å². The molecule has 3 rings (SSSR count). The lowest BCUT2D eigenvalue weighted by molar-refractivity contribution is -0.117. The van der Waals surface area contributed by atoms with Crippen molar-refractivity contribution in [3.8, 4) is 0 Å². The average molecular weight is 328 g/mol. The number of hydrogen-bond donors (Lipinski definition) is 1. The number of carbonyl (C=O) groups is 1. The number of hydrogen-bond acceptors (Lipinski definition) is 2. The number of pyridine rings is 1. The number of fused-ring (bicyclic) bond motifs is 1. The van der Waals surface area contributed by atoms with Crippen molar-refractivity contribution in [1.82, 2.24) is 4.98 Å². The highest BCUT2D eigenvalue weighted by atomic mass is 31.2. The first-order valence-electron chi connectivity index (χ1n) is 8.21. The first-order valence-corrected chi connectivity index (χ1v) is 11.1. The summed E-state index contributed by atoms with van der Waals surface area (Å²) in [6, 6.07) is 8.26. The quantitative estimate of drug-likeness (QED) is 0.861. The molecule has 23 heavy (non-hydrogen) atoms. The lowest BCUT2D eigenvalue weighted by atomic mass is 10.0. The van der Waals surface area contributed by atoms with E-state index in [0.717, 1.165) is 18.4 Å². The molecule has 1 aromatic carbocycles. The minimum Gasteiger partial charge on any atom is -0.310 e. The van der Waals surface area contributed by atoms with E-state index < -0.39 is 6.89 Å². The predicted molar refractivity (Wildman–Crippen MR) is 103 cm³/mol. The van der Waals surface area contributed by atoms with Crippen molar-refractivity contribution in [2.75, 3.05) is 18.6 Å². The van der Waals surface area contributed by atoms with Crippen LogP contribution in [0.5, 0.6) is 0 Å². The van der Waals surface area contributed by atoms with Crippen molar-refractivity contribution in [3.63, 3.8) is 0 Å². The van der Waals surface area contributed by atoms with Gasteiger partial charge >= 0.3 is 0 Å². The van der Waals surface area contributed by atoms with Crippen LogP contribution in [0.2, 0.25) is 0 Å². The van der Waals surface area contributed by atoms with Gasteiger partial charge < -0.3 is 5.32 Å². The van der Waals surface area contributed by atoms with Crippen LogP contribution in [-0.2, 0) is 4.79 Å². The van der Waals surface area contributed by atoms with Crippen molar-refractivity contribution in [2.24, 2.45) is 5.92 Å². The van der Waals surface area contributed by atoms with E-state index in [1.807, 2.05) is 6.07 Å². The molecule has 0 saturated heterocycles. The van der Waals surface area contributed by atoms with Crippen molar-refractivity contribution >= 4 is 41.1 Å². The number of nitrogens with zero attached hydrogens (tertiary/aromatic N) is 1. The van der Waals surface area contributed by atoms with E-state index in [4.69, 9.17) is 0 Å². The lowest BCUT2D eigenvalue weighted by Crippen LogP contribution is -2.16. The lowest BCUT2D eigenvalue weighted by Gasteiger charge is -2.23. The molecule has 1 amide bonds. The largest absolute Gasteiger partial charge is 0.310 e. The Morgan fingerprint density at radius 2 is 1.96 bits per heavy atom. The van der Waals surface area contributed by atoms with Gasteiger partial charge in [-0.15, -0.1) is 0 Å². The van der Waals surface area contributed by atoms with Gasteiger partial charge in [0.2, 0.25) is 5.91 Å². The van der Waals surface area contributed by atoms with Gasteiger partial charge in [0.05, 0.1) is 5.52 Å². The van der Waals surface area contributed by atoms with Crippen molar-refractivity contribution < 1.29 is 4.79 Å². The molecule has 1 saturated carbocycles. The maximum Gasteiger partial charge on any atom is 0.228 e. The minimum atomic E-state index is -1.43. The van der Waals surface area contributed by atoms with Gasteiger partial charge in [-0.2, -0.15) is 0 Å². The van der Waals surface area contributed by atoms with Gasteiger partial charge in [-0.25, -0.2) is 4.98 Å². The van der Waals surface area contributed by atoms with Crippen LogP contribution < -0.4 is 10.6 Å². The molecule has 1 aliphatic rings. The fraction of sp³-hybridized carbons (Fsp3) is 0.421. The molecule has 0 aliphatic heterocycles. The van der Waals surface area contributed by atoms with Crippen LogP contribution in [0.25, 0.3) is 10.9 Å². The highest BCUT2D eigenvalue weighted by Crippen LogP contribution is 2.40. The maximum atomic E-state index is 11.9. The van der Waals surface area contributed by atoms with Crippen molar-refractivity contribution in [3.05, 3.63) is 29.8 Å². The molecular weight excluding hydrogens is 303 g/mol. The van der Waals surface area contributed by atoms with E-state index in [9.17, 15) is 4.79 Å². The molecule has 1 fully saturated rings. The summed E-state index contributed by atoms with van der Waals surface area (Å²) in [4.78, 5) is 16.6. The molecule has 2 aromatic rings. The summed E-state index contributed by atoms with van der Waals surface area (Å²) in [5.74, 6) is 1.40. The van der Waals surface area contributed by atoms with Crippen LogP contribution in [0.4, 0.5) is 5.82 Å². The van der Waals surface area contributed by atoms with Gasteiger partial charge in [0.1, 0.15) is 5.82 Å². The standard InChI is InChI=1S/C19H25N2OP/c1-12(2)14-8-10-16-15(18(14)23(3,4)5)9-11-17(20-16)21-19(22)13-6-7-13/h8-13H,3,6-7H2,1-2,4-5H3,(H,20,21,22). The summed E-state index contributed by atoms with van der Waals surface area (Å²) in [5, 5.41) is 5.47. The molecule has 0 bridgehead atoms. The van der Waals surface area contributed by atoms with E-state index >= 15 is 0 Å². The highest BCUT2D eigenvalue weighted by molar-refractivity contribution is 7.79. The minimum absolute atomic E-state index is 0.0980. The summed E-state index contributed by atoms with van der Waals surface area (Å²) in [5.41, 5.74) is 2.30. The van der Waals surface area contributed by atoms with Crippen LogP contribution in [0.1, 0.15) is 38.2 Å². The Morgan fingerprint density at radius 1 is 1.26 bits per heavy atom. The molecule has 0 unspecified atom stereocenters. The van der Waals surface area contributed by atoms with Crippen LogP contribution in [-0.4, -0.2) is 30.5 Å². The molecule has 0 radical (unpaired) electrons. The van der Waals surface area contributed by atoms with Crippen LogP contribution in [0.15, 0.2) is 24.3 Å². The average Bonchev–Trinajstić information content (AvgIpc) is 3.29. The SMILES string of the molecule is C=P(C)(C)c1c(C(C)C)ccc2nc(NC(=O)C3CC3)ccc12. The third kappa shape index (κ3) is 3.35. The second kappa shape index (κ2) is 5.79. The van der Waals surface area contributed by atoms with Crippen molar-refractivity contribution in [1.29, 1.82) is 0 Å². The number of aromatic nitrogens is 1. The van der Waals surface area contributed by atoms with Crippen molar-refractivity contribution in [2.45, 2.75) is 32.6 Å². The topological polar surface area (TPSA) is 42.0 Å². The second-order valence-corrected chi connectivity index (χ2v) is 11.2. The molecule has 1 heterocycles. The number of rotatable bonds is 4. The van der Waals surface area contributed by atoms with E-state index in [0.29, 0.717) is 11.7 Å². The first-order chi connectivity index (χ1) is 10.8. The summed E-state index contributed by atoms with van der Waals surface area (Å²) < 4.78 is 0. The molecule has 3 nitrogen and oxygen atoms in total. The first kappa shape index (κ1) is 16.3. The summed E-state index contributed by atoms with van der Waals surface area (Å²) in [7, 11) is 0. The fourth-order valence-electron chi connectivity index (χ4n) is 2.99. The van der Waals surface area contributed by atoms with Crippen LogP contribution in [0.3, 0.4) is 0 Å². The number of amides is 1. The Morgan fingerprint density at radius 3 is 2.52 bits per heavy atom. The smallest absolute Gasteiger partial charge is 0.228 e. The molecule has 4 heteroatoms. The fourth-order valence-corrected chi connectivity index (χ4v) is 4.86. The van der Waals surface area contributed by atoms with Gasteiger partial charge in [0.15, 0.2) is 0 Å². The Bertz CT molecular complexity index is 815. The zero-order valence-electron chi connectivity index (χ0n) is 14.4. The van der Waals surface area contributed by atoms with Gasteiger partial charge in [-0.1, -0.05) is 33.1 Å². The zero-order chi connectivity index (χ0) is 16.8. The van der Waals surface area contributed by atoms with E-state index in [-0.39, 0.29) is 11.8 Å². The zero-order valence-corrected chi connectivity index (χ0v) is 15.3. The summed E-state index contributed by atoms with van der Waals surface area (Å²) in [6.07, 6.45) is 6.45. The molecule has 0 spiro atoms. The van der Waals surface area contributed by atoms with Gasteiger partial charge in [0, 0.05) is 11.3 Å². The molecule has 122 valence electrons. The highest BCUT2D eigenvalue weighted by Gasteiger charge is 2.29. The Kier molecular flexibility index (Phi) is 4.10. The number of nitrogens with one attached hydrogen (secondary N) is 1. The normalized spacial score (nSPS) is 15.2. The Hall–Kier alpha value is -1.60. The van der Waals surface area contributed by atoms with Crippen LogP contribution >= 0.6 is 6.89 Å². The van der Waals surface area contributed by atoms with E-state index in [1.165, 1.54) is 16.3 Å². The summed E-state index contributed by atoms with van der Waals surface area (Å²) in [6.45, 7) is 7.50. The van der Waals surface area contributed by atoms with E-state index in [2.05, 4.69) is 62.0 Å². The Labute approximate surface area is 138 Å². The molecular formula is C19H25N2OP. The number of carbonyl (C=O) groups excluding carboxylic acids is 1. The molecule has 1 aromatic heterocycles. The van der Waals surface area contributed by atoms with Gasteiger partial charge in [-0.05, 0) is 61.2 Å². The molecule has 1 aliphatic carbocycles. The summed E-state index contributed by atoms with van der Waals surface area (Å²) >= 11 is 0. The van der Waals surface area contributed by atoms with Crippen LogP contribution in [0, 0.1) is 5.92 Å². The van der Waals surface area contributed by atoms with Gasteiger partial charge in [-0.3, -0.25) is 4.79 Å². The number of benzene rings is 1. The third-order valence-corrected chi connectivity index (χ3v) is 6.01. The third-order valence-electron chi connectivity index (χ3n) is 4.30. The van der Waals surface area contributed by atoms with Gasteiger partial charge in [0.25, 0.3) is 0 Å². The maximum absolute atomic E-state index is 11.9. The monoisotopic (exact) mass is 328 g/mol. The number of anilines is 1. The molecule has 0 atom stereocenters. The Balaban J connectivity index is 2.09. The molecule has 1 N–H and O–H groups in total. The predicted octanol–water partition coefficient (Wildman–Crippen LogP) is 4.04.